The Morgan fingerprint density at radius 1 is 1.38 bits per heavy atom. The summed E-state index contributed by atoms with van der Waals surface area (Å²) in [5.74, 6) is 3.16. The summed E-state index contributed by atoms with van der Waals surface area (Å²) in [6.45, 7) is 8.54. The molecule has 0 spiro atoms. The van der Waals surface area contributed by atoms with E-state index in [-0.39, 0.29) is 0 Å². The van der Waals surface area contributed by atoms with Crippen LogP contribution in [-0.2, 0) is 37.3 Å². The van der Waals surface area contributed by atoms with E-state index in [1.54, 1.807) is 0 Å². The molecule has 1 unspecified atom stereocenters. The molecule has 0 radical (unpaired) electrons. The van der Waals surface area contributed by atoms with E-state index < -0.39 is 0 Å². The number of rotatable bonds is 5. The van der Waals surface area contributed by atoms with Crippen LogP contribution in [0.25, 0.3) is 0 Å². The fourth-order valence-corrected chi connectivity index (χ4v) is 3.58. The zero-order valence-corrected chi connectivity index (χ0v) is 14.6. The van der Waals surface area contributed by atoms with Crippen LogP contribution in [-0.4, -0.2) is 32.5 Å². The molecule has 0 N–H and O–H groups in total. The molecule has 4 heterocycles. The zero-order chi connectivity index (χ0) is 16.5. The predicted octanol–water partition coefficient (Wildman–Crippen LogP) is 2.45. The Morgan fingerprint density at radius 2 is 2.29 bits per heavy atom. The zero-order valence-electron chi connectivity index (χ0n) is 14.6. The van der Waals surface area contributed by atoms with Crippen LogP contribution in [0.3, 0.4) is 0 Å². The number of ether oxygens (including phenoxy) is 2. The average Bonchev–Trinajstić information content (AvgIpc) is 3.16. The lowest BCUT2D eigenvalue weighted by Crippen LogP contribution is -2.26. The minimum absolute atomic E-state index is 0.499. The molecule has 0 fully saturated rings. The summed E-state index contributed by atoms with van der Waals surface area (Å²) in [6.07, 6.45) is 7.25. The number of hydrogen-bond acceptors (Lipinski definition) is 4. The van der Waals surface area contributed by atoms with Gasteiger partial charge in [0.1, 0.15) is 12.4 Å². The molecule has 1 atom stereocenters. The van der Waals surface area contributed by atoms with Crippen molar-refractivity contribution in [2.45, 2.75) is 52.8 Å². The standard InChI is InChI=1S/C18H26N4O2/c1-13(2)7-15-8-19-22-9-14(11-24-18(15)22)3-4-16-10-21-5-6-23-12-17(21)20-16/h8,10,13-14H,3-7,9,11-12H2,1-2H3. The van der Waals surface area contributed by atoms with Gasteiger partial charge >= 0.3 is 0 Å². The lowest BCUT2D eigenvalue weighted by molar-refractivity contribution is 0.0816. The second-order valence-corrected chi connectivity index (χ2v) is 7.37. The summed E-state index contributed by atoms with van der Waals surface area (Å²) >= 11 is 0. The maximum Gasteiger partial charge on any atom is 0.215 e. The van der Waals surface area contributed by atoms with E-state index in [0.29, 0.717) is 18.4 Å². The van der Waals surface area contributed by atoms with Crippen molar-refractivity contribution in [1.29, 1.82) is 0 Å². The average molecular weight is 330 g/mol. The molecule has 2 aromatic heterocycles. The van der Waals surface area contributed by atoms with Crippen molar-refractivity contribution in [3.63, 3.8) is 0 Å². The van der Waals surface area contributed by atoms with Crippen molar-refractivity contribution in [3.8, 4) is 5.88 Å². The highest BCUT2D eigenvalue weighted by molar-refractivity contribution is 5.25. The summed E-state index contributed by atoms with van der Waals surface area (Å²) in [5.41, 5.74) is 2.41. The number of imidazole rings is 1. The Balaban J connectivity index is 1.35. The molecule has 0 saturated carbocycles. The van der Waals surface area contributed by atoms with Crippen LogP contribution in [0.15, 0.2) is 12.4 Å². The maximum absolute atomic E-state index is 6.03. The van der Waals surface area contributed by atoms with Crippen molar-refractivity contribution in [2.75, 3.05) is 13.2 Å². The Bertz CT molecular complexity index is 680. The molecule has 6 nitrogen and oxygen atoms in total. The van der Waals surface area contributed by atoms with Crippen molar-refractivity contribution in [2.24, 2.45) is 11.8 Å². The number of nitrogens with zero attached hydrogens (tertiary/aromatic N) is 4. The minimum atomic E-state index is 0.499. The van der Waals surface area contributed by atoms with Gasteiger partial charge in [0.15, 0.2) is 0 Å². The van der Waals surface area contributed by atoms with Crippen LogP contribution in [0.5, 0.6) is 5.88 Å². The van der Waals surface area contributed by atoms with Gasteiger partial charge in [-0.2, -0.15) is 5.10 Å². The molecule has 0 bridgehead atoms. The molecule has 0 amide bonds. The highest BCUT2D eigenvalue weighted by Gasteiger charge is 2.24. The predicted molar refractivity (Wildman–Crippen MR) is 90.0 cm³/mol. The van der Waals surface area contributed by atoms with Gasteiger partial charge in [0.25, 0.3) is 0 Å². The Labute approximate surface area is 142 Å². The Morgan fingerprint density at radius 3 is 3.12 bits per heavy atom. The summed E-state index contributed by atoms with van der Waals surface area (Å²) < 4.78 is 15.8. The normalized spacial score (nSPS) is 19.9. The van der Waals surface area contributed by atoms with E-state index in [1.165, 1.54) is 11.3 Å². The van der Waals surface area contributed by atoms with Gasteiger partial charge in [-0.15, -0.1) is 0 Å². The van der Waals surface area contributed by atoms with Crippen molar-refractivity contribution >= 4 is 0 Å². The molecule has 2 aliphatic rings. The van der Waals surface area contributed by atoms with Gasteiger partial charge in [-0.05, 0) is 25.2 Å². The smallest absolute Gasteiger partial charge is 0.215 e. The van der Waals surface area contributed by atoms with E-state index in [0.717, 1.165) is 57.3 Å². The van der Waals surface area contributed by atoms with Crippen molar-refractivity contribution in [1.82, 2.24) is 19.3 Å². The first-order valence-electron chi connectivity index (χ1n) is 8.99. The van der Waals surface area contributed by atoms with Crippen LogP contribution in [0, 0.1) is 11.8 Å². The van der Waals surface area contributed by atoms with Crippen LogP contribution in [0.2, 0.25) is 0 Å². The van der Waals surface area contributed by atoms with Crippen LogP contribution < -0.4 is 4.74 Å². The first-order valence-corrected chi connectivity index (χ1v) is 8.99. The van der Waals surface area contributed by atoms with Crippen LogP contribution in [0.4, 0.5) is 0 Å². The second kappa shape index (κ2) is 6.59. The topological polar surface area (TPSA) is 54.1 Å². The van der Waals surface area contributed by atoms with Crippen LogP contribution >= 0.6 is 0 Å². The first-order chi connectivity index (χ1) is 11.7. The minimum Gasteiger partial charge on any atom is -0.477 e. The summed E-state index contributed by atoms with van der Waals surface area (Å²) in [5, 5.41) is 4.52. The van der Waals surface area contributed by atoms with Crippen LogP contribution in [0.1, 0.15) is 37.4 Å². The third kappa shape index (κ3) is 3.20. The van der Waals surface area contributed by atoms with E-state index >= 15 is 0 Å². The molecule has 6 heteroatoms. The quantitative estimate of drug-likeness (QED) is 0.845. The number of aryl methyl sites for hydroxylation is 1. The van der Waals surface area contributed by atoms with Gasteiger partial charge in [0.2, 0.25) is 5.88 Å². The summed E-state index contributed by atoms with van der Waals surface area (Å²) in [7, 11) is 0. The third-order valence-corrected chi connectivity index (χ3v) is 4.80. The SMILES string of the molecule is CC(C)Cc1cnn2c1OCC(CCc1cn3c(n1)COCC3)C2. The lowest BCUT2D eigenvalue weighted by Gasteiger charge is -2.24. The van der Waals surface area contributed by atoms with E-state index in [9.17, 15) is 0 Å². The van der Waals surface area contributed by atoms with E-state index in [4.69, 9.17) is 14.5 Å². The first kappa shape index (κ1) is 15.7. The highest BCUT2D eigenvalue weighted by atomic mass is 16.5. The van der Waals surface area contributed by atoms with Gasteiger partial charge in [-0.3, -0.25) is 0 Å². The molecule has 130 valence electrons. The molecule has 24 heavy (non-hydrogen) atoms. The van der Waals surface area contributed by atoms with E-state index in [1.807, 2.05) is 10.9 Å². The molecular formula is C18H26N4O2. The van der Waals surface area contributed by atoms with Gasteiger partial charge in [0, 0.05) is 24.2 Å². The monoisotopic (exact) mass is 330 g/mol. The Hall–Kier alpha value is -1.82. The van der Waals surface area contributed by atoms with Gasteiger partial charge in [-0.25, -0.2) is 9.67 Å². The van der Waals surface area contributed by atoms with Gasteiger partial charge in [-0.1, -0.05) is 13.8 Å². The largest absolute Gasteiger partial charge is 0.477 e. The molecule has 4 rings (SSSR count). The van der Waals surface area contributed by atoms with E-state index in [2.05, 4.69) is 29.7 Å². The van der Waals surface area contributed by atoms with Crippen molar-refractivity contribution < 1.29 is 9.47 Å². The maximum atomic E-state index is 6.03. The molecule has 0 aliphatic carbocycles. The molecule has 0 aromatic carbocycles. The van der Waals surface area contributed by atoms with Crippen molar-refractivity contribution in [3.05, 3.63) is 29.5 Å². The molecular weight excluding hydrogens is 304 g/mol. The number of hydrogen-bond donors (Lipinski definition) is 0. The Kier molecular flexibility index (Phi) is 4.31. The second-order valence-electron chi connectivity index (χ2n) is 7.37. The number of fused-ring (bicyclic) bond motifs is 2. The molecule has 2 aliphatic heterocycles. The third-order valence-electron chi connectivity index (χ3n) is 4.80. The van der Waals surface area contributed by atoms with Gasteiger partial charge < -0.3 is 14.0 Å². The fraction of sp³-hybridized carbons (Fsp3) is 0.667. The lowest BCUT2D eigenvalue weighted by atomic mass is 10.0. The fourth-order valence-electron chi connectivity index (χ4n) is 3.58. The summed E-state index contributed by atoms with van der Waals surface area (Å²) in [4.78, 5) is 4.69. The summed E-state index contributed by atoms with van der Waals surface area (Å²) in [6, 6.07) is 0. The molecule has 0 saturated heterocycles. The van der Waals surface area contributed by atoms with Gasteiger partial charge in [0.05, 0.1) is 31.6 Å². The highest BCUT2D eigenvalue weighted by Crippen LogP contribution is 2.28. The number of aromatic nitrogens is 4. The molecule has 2 aromatic rings.